The minimum Gasteiger partial charge on any atom is -0.494 e. The standard InChI is InChI=1S/C31H32F3N5O3/c1-4-37(5-2)30(41)27-12-13-28(36-35-27)38-14-16-39(17-15-38)29(40)24-18-23(19-25(21-24)31(32,33)34)11-10-22-8-7-9-26(20-22)42-6-3/h7-9,12-13,18-21H,4-6,14-17H2,1-3H3. The molecule has 4 rings (SSSR count). The summed E-state index contributed by atoms with van der Waals surface area (Å²) in [7, 11) is 0. The van der Waals surface area contributed by atoms with Crippen LogP contribution in [-0.4, -0.2) is 77.7 Å². The summed E-state index contributed by atoms with van der Waals surface area (Å²) in [6.45, 7) is 8.61. The molecule has 0 bridgehead atoms. The summed E-state index contributed by atoms with van der Waals surface area (Å²) in [5.41, 5.74) is -0.0976. The number of anilines is 1. The molecule has 8 nitrogen and oxygen atoms in total. The van der Waals surface area contributed by atoms with E-state index < -0.39 is 17.6 Å². The largest absolute Gasteiger partial charge is 0.494 e. The van der Waals surface area contributed by atoms with E-state index in [2.05, 4.69) is 22.0 Å². The molecule has 1 fully saturated rings. The molecule has 11 heteroatoms. The van der Waals surface area contributed by atoms with E-state index in [0.29, 0.717) is 49.9 Å². The van der Waals surface area contributed by atoms with Crippen LogP contribution in [-0.2, 0) is 6.18 Å². The van der Waals surface area contributed by atoms with Gasteiger partial charge in [0.2, 0.25) is 0 Å². The van der Waals surface area contributed by atoms with E-state index in [-0.39, 0.29) is 35.8 Å². The number of carbonyl (C=O) groups excluding carboxylic acids is 2. The molecule has 0 aliphatic carbocycles. The number of rotatable bonds is 7. The molecule has 2 amide bonds. The number of ether oxygens (including phenoxy) is 1. The van der Waals surface area contributed by atoms with E-state index >= 15 is 0 Å². The van der Waals surface area contributed by atoms with Gasteiger partial charge in [-0.3, -0.25) is 9.59 Å². The summed E-state index contributed by atoms with van der Waals surface area (Å²) in [4.78, 5) is 30.9. The molecule has 3 aromatic rings. The molecule has 2 heterocycles. The Morgan fingerprint density at radius 2 is 1.62 bits per heavy atom. The molecule has 1 aliphatic rings. The lowest BCUT2D eigenvalue weighted by Gasteiger charge is -2.35. The minimum atomic E-state index is -4.64. The number of hydrogen-bond donors (Lipinski definition) is 0. The van der Waals surface area contributed by atoms with Gasteiger partial charge in [-0.05, 0) is 69.3 Å². The monoisotopic (exact) mass is 579 g/mol. The average Bonchev–Trinajstić information content (AvgIpc) is 3.00. The summed E-state index contributed by atoms with van der Waals surface area (Å²) >= 11 is 0. The first kappa shape index (κ1) is 30.4. The Labute approximate surface area is 243 Å². The van der Waals surface area contributed by atoms with Gasteiger partial charge in [0.25, 0.3) is 11.8 Å². The van der Waals surface area contributed by atoms with Crippen LogP contribution >= 0.6 is 0 Å². The van der Waals surface area contributed by atoms with Crippen molar-refractivity contribution in [3.05, 3.63) is 82.5 Å². The van der Waals surface area contributed by atoms with E-state index in [0.717, 1.165) is 12.1 Å². The fourth-order valence-corrected chi connectivity index (χ4v) is 4.56. The second kappa shape index (κ2) is 13.4. The Balaban J connectivity index is 1.48. The second-order valence-corrected chi connectivity index (χ2v) is 9.54. The highest BCUT2D eigenvalue weighted by Gasteiger charge is 2.33. The highest BCUT2D eigenvalue weighted by atomic mass is 19.4. The molecule has 220 valence electrons. The summed E-state index contributed by atoms with van der Waals surface area (Å²) in [5.74, 6) is 6.10. The van der Waals surface area contributed by atoms with Crippen molar-refractivity contribution >= 4 is 17.6 Å². The van der Waals surface area contributed by atoms with E-state index in [1.165, 1.54) is 11.0 Å². The first-order chi connectivity index (χ1) is 20.1. The number of nitrogens with zero attached hydrogens (tertiary/aromatic N) is 5. The number of amides is 2. The molecule has 0 atom stereocenters. The lowest BCUT2D eigenvalue weighted by molar-refractivity contribution is -0.137. The van der Waals surface area contributed by atoms with Gasteiger partial charge in [0, 0.05) is 56.0 Å². The van der Waals surface area contributed by atoms with Gasteiger partial charge in [-0.15, -0.1) is 10.2 Å². The zero-order valence-corrected chi connectivity index (χ0v) is 23.7. The number of alkyl halides is 3. The number of carbonyl (C=O) groups is 2. The fraction of sp³-hybridized carbons (Fsp3) is 0.355. The van der Waals surface area contributed by atoms with Crippen LogP contribution in [0.5, 0.6) is 5.75 Å². The molecule has 42 heavy (non-hydrogen) atoms. The maximum Gasteiger partial charge on any atom is 0.416 e. The number of piperazine rings is 1. The van der Waals surface area contributed by atoms with Crippen molar-refractivity contribution in [2.75, 3.05) is 50.8 Å². The molecule has 2 aromatic carbocycles. The maximum atomic E-state index is 13.7. The number of halogens is 3. The van der Waals surface area contributed by atoms with Crippen molar-refractivity contribution in [2.45, 2.75) is 26.9 Å². The summed E-state index contributed by atoms with van der Waals surface area (Å²) in [5, 5.41) is 8.27. The van der Waals surface area contributed by atoms with Crippen molar-refractivity contribution in [3.63, 3.8) is 0 Å². The van der Waals surface area contributed by atoms with Crippen LogP contribution in [0.15, 0.2) is 54.6 Å². The maximum absolute atomic E-state index is 13.7. The van der Waals surface area contributed by atoms with Crippen LogP contribution in [0, 0.1) is 11.8 Å². The molecule has 0 saturated carbocycles. The zero-order valence-electron chi connectivity index (χ0n) is 23.7. The van der Waals surface area contributed by atoms with Gasteiger partial charge in [-0.25, -0.2) is 0 Å². The van der Waals surface area contributed by atoms with Gasteiger partial charge in [-0.2, -0.15) is 13.2 Å². The van der Waals surface area contributed by atoms with Crippen LogP contribution in [0.1, 0.15) is 58.3 Å². The van der Waals surface area contributed by atoms with Gasteiger partial charge in [0.15, 0.2) is 11.5 Å². The lowest BCUT2D eigenvalue weighted by atomic mass is 10.0. The van der Waals surface area contributed by atoms with Gasteiger partial charge >= 0.3 is 6.18 Å². The summed E-state index contributed by atoms with van der Waals surface area (Å²) < 4.78 is 46.6. The Morgan fingerprint density at radius 1 is 0.905 bits per heavy atom. The molecule has 1 saturated heterocycles. The fourth-order valence-electron chi connectivity index (χ4n) is 4.56. The Hall–Kier alpha value is -4.59. The predicted octanol–water partition coefficient (Wildman–Crippen LogP) is 4.74. The topological polar surface area (TPSA) is 78.9 Å². The third kappa shape index (κ3) is 7.37. The molecule has 0 unspecified atom stereocenters. The van der Waals surface area contributed by atoms with Crippen molar-refractivity contribution in [2.24, 2.45) is 0 Å². The van der Waals surface area contributed by atoms with Crippen molar-refractivity contribution in [3.8, 4) is 17.6 Å². The smallest absolute Gasteiger partial charge is 0.416 e. The molecule has 0 N–H and O–H groups in total. The normalized spacial score (nSPS) is 13.3. The quantitative estimate of drug-likeness (QED) is 0.377. The van der Waals surface area contributed by atoms with Crippen molar-refractivity contribution in [1.29, 1.82) is 0 Å². The molecular weight excluding hydrogens is 547 g/mol. The summed E-state index contributed by atoms with van der Waals surface area (Å²) in [6.07, 6.45) is -4.64. The van der Waals surface area contributed by atoms with Gasteiger partial charge in [0.05, 0.1) is 12.2 Å². The molecular formula is C31H32F3N5O3. The van der Waals surface area contributed by atoms with Crippen LogP contribution in [0.3, 0.4) is 0 Å². The molecule has 1 aromatic heterocycles. The third-order valence-corrected chi connectivity index (χ3v) is 6.81. The van der Waals surface area contributed by atoms with Gasteiger partial charge in [0.1, 0.15) is 5.75 Å². The minimum absolute atomic E-state index is 0.0790. The lowest BCUT2D eigenvalue weighted by Crippen LogP contribution is -2.49. The first-order valence-electron chi connectivity index (χ1n) is 13.8. The Morgan fingerprint density at radius 3 is 2.24 bits per heavy atom. The third-order valence-electron chi connectivity index (χ3n) is 6.81. The van der Waals surface area contributed by atoms with Crippen LogP contribution in [0.4, 0.5) is 19.0 Å². The van der Waals surface area contributed by atoms with Crippen molar-refractivity contribution in [1.82, 2.24) is 20.0 Å². The van der Waals surface area contributed by atoms with E-state index in [9.17, 15) is 22.8 Å². The first-order valence-corrected chi connectivity index (χ1v) is 13.8. The van der Waals surface area contributed by atoms with Crippen LogP contribution in [0.25, 0.3) is 0 Å². The van der Waals surface area contributed by atoms with Gasteiger partial charge in [-0.1, -0.05) is 17.9 Å². The molecule has 1 aliphatic heterocycles. The number of benzene rings is 2. The molecule has 0 radical (unpaired) electrons. The van der Waals surface area contributed by atoms with E-state index in [4.69, 9.17) is 4.74 Å². The predicted molar refractivity (Wildman–Crippen MR) is 152 cm³/mol. The van der Waals surface area contributed by atoms with Crippen LogP contribution in [0.2, 0.25) is 0 Å². The summed E-state index contributed by atoms with van der Waals surface area (Å²) in [6, 6.07) is 13.5. The highest BCUT2D eigenvalue weighted by Crippen LogP contribution is 2.31. The highest BCUT2D eigenvalue weighted by molar-refractivity contribution is 5.95. The molecule has 0 spiro atoms. The number of hydrogen-bond acceptors (Lipinski definition) is 6. The zero-order chi connectivity index (χ0) is 30.3. The van der Waals surface area contributed by atoms with E-state index in [1.807, 2.05) is 25.7 Å². The van der Waals surface area contributed by atoms with Crippen molar-refractivity contribution < 1.29 is 27.5 Å². The van der Waals surface area contributed by atoms with Crippen LogP contribution < -0.4 is 9.64 Å². The number of aromatic nitrogens is 2. The van der Waals surface area contributed by atoms with Gasteiger partial charge < -0.3 is 19.4 Å². The van der Waals surface area contributed by atoms with E-state index in [1.54, 1.807) is 41.3 Å². The Kier molecular flexibility index (Phi) is 9.68. The average molecular weight is 580 g/mol. The second-order valence-electron chi connectivity index (χ2n) is 9.54. The SMILES string of the molecule is CCOc1cccc(C#Cc2cc(C(=O)N3CCN(c4ccc(C(=O)N(CC)CC)nn4)CC3)cc(C(F)(F)F)c2)c1. The Bertz CT molecular complexity index is 1470.